The van der Waals surface area contributed by atoms with Crippen LogP contribution in [-0.2, 0) is 4.74 Å². The van der Waals surface area contributed by atoms with Gasteiger partial charge in [-0.1, -0.05) is 23.2 Å². The maximum Gasteiger partial charge on any atom is 0.340 e. The highest BCUT2D eigenvalue weighted by molar-refractivity contribution is 6.33. The van der Waals surface area contributed by atoms with Crippen LogP contribution in [0.5, 0.6) is 0 Å². The quantitative estimate of drug-likeness (QED) is 0.341. The van der Waals surface area contributed by atoms with E-state index in [0.717, 1.165) is 0 Å². The Morgan fingerprint density at radius 1 is 1.26 bits per heavy atom. The second kappa shape index (κ2) is 7.77. The molecule has 2 aromatic carbocycles. The summed E-state index contributed by atoms with van der Waals surface area (Å²) in [6, 6.07) is 8.94. The second-order valence-electron chi connectivity index (χ2n) is 5.48. The molecule has 0 radical (unpaired) electrons. The van der Waals surface area contributed by atoms with Crippen LogP contribution in [0.1, 0.15) is 17.3 Å². The summed E-state index contributed by atoms with van der Waals surface area (Å²) in [6.07, 6.45) is 3.20. The summed E-state index contributed by atoms with van der Waals surface area (Å²) >= 11 is 12.2. The van der Waals surface area contributed by atoms with Crippen molar-refractivity contribution in [3.63, 3.8) is 0 Å². The van der Waals surface area contributed by atoms with Gasteiger partial charge >= 0.3 is 5.97 Å². The molecule has 0 bridgehead atoms. The largest absolute Gasteiger partial charge is 0.462 e. The number of carbonyl (C=O) groups is 1. The monoisotopic (exact) mass is 405 g/mol. The summed E-state index contributed by atoms with van der Waals surface area (Å²) in [6.45, 7) is 1.96. The number of rotatable bonds is 5. The van der Waals surface area contributed by atoms with Crippen molar-refractivity contribution in [1.29, 1.82) is 0 Å². The molecular formula is C18H13Cl2N3O4. The maximum atomic E-state index is 12.2. The molecular weight excluding hydrogens is 393 g/mol. The minimum absolute atomic E-state index is 0.101. The Labute approximate surface area is 164 Å². The summed E-state index contributed by atoms with van der Waals surface area (Å²) in [4.78, 5) is 22.5. The van der Waals surface area contributed by atoms with Gasteiger partial charge < -0.3 is 4.74 Å². The minimum Gasteiger partial charge on any atom is -0.462 e. The molecule has 0 fully saturated rings. The van der Waals surface area contributed by atoms with E-state index in [1.54, 1.807) is 43.6 Å². The molecule has 138 valence electrons. The Morgan fingerprint density at radius 3 is 2.70 bits per heavy atom. The zero-order valence-corrected chi connectivity index (χ0v) is 15.6. The van der Waals surface area contributed by atoms with Crippen LogP contribution in [0.3, 0.4) is 0 Å². The van der Waals surface area contributed by atoms with Crippen LogP contribution in [0.4, 0.5) is 5.69 Å². The predicted octanol–water partition coefficient (Wildman–Crippen LogP) is 4.93. The lowest BCUT2D eigenvalue weighted by molar-refractivity contribution is -0.384. The highest BCUT2D eigenvalue weighted by Crippen LogP contribution is 2.32. The first-order valence-corrected chi connectivity index (χ1v) is 8.62. The molecule has 0 saturated heterocycles. The van der Waals surface area contributed by atoms with Gasteiger partial charge in [0.25, 0.3) is 5.69 Å². The number of benzene rings is 2. The third kappa shape index (κ3) is 3.94. The standard InChI is InChI=1S/C18H13Cl2N3O4/c1-2-27-18(24)15-5-3-12(19)7-17(15)22-10-11(9-21-22)14-6-4-13(23(25)26)8-16(14)20/h3-10H,2H2,1H3. The average Bonchev–Trinajstić information content (AvgIpc) is 3.11. The Hall–Kier alpha value is -2.90. The molecule has 3 aromatic rings. The number of hydrogen-bond acceptors (Lipinski definition) is 5. The topological polar surface area (TPSA) is 87.3 Å². The van der Waals surface area contributed by atoms with Crippen molar-refractivity contribution in [2.75, 3.05) is 6.61 Å². The molecule has 0 unspecified atom stereocenters. The van der Waals surface area contributed by atoms with Gasteiger partial charge in [0.1, 0.15) is 0 Å². The van der Waals surface area contributed by atoms with Crippen molar-refractivity contribution in [1.82, 2.24) is 9.78 Å². The summed E-state index contributed by atoms with van der Waals surface area (Å²) in [5, 5.41) is 15.8. The summed E-state index contributed by atoms with van der Waals surface area (Å²) in [5.41, 5.74) is 1.87. The minimum atomic E-state index is -0.517. The molecule has 0 spiro atoms. The Balaban J connectivity index is 2.03. The lowest BCUT2D eigenvalue weighted by atomic mass is 10.1. The molecule has 1 aromatic heterocycles. The Morgan fingerprint density at radius 2 is 2.04 bits per heavy atom. The van der Waals surface area contributed by atoms with Crippen LogP contribution in [0.2, 0.25) is 10.0 Å². The van der Waals surface area contributed by atoms with Gasteiger partial charge in [0.15, 0.2) is 0 Å². The first kappa shape index (κ1) is 18.9. The van der Waals surface area contributed by atoms with E-state index in [9.17, 15) is 14.9 Å². The molecule has 0 amide bonds. The molecule has 0 aliphatic carbocycles. The molecule has 3 rings (SSSR count). The van der Waals surface area contributed by atoms with Gasteiger partial charge in [-0.3, -0.25) is 10.1 Å². The van der Waals surface area contributed by atoms with Crippen molar-refractivity contribution in [3.8, 4) is 16.8 Å². The van der Waals surface area contributed by atoms with E-state index in [-0.39, 0.29) is 17.3 Å². The van der Waals surface area contributed by atoms with E-state index in [2.05, 4.69) is 5.10 Å². The molecule has 27 heavy (non-hydrogen) atoms. The fourth-order valence-electron chi connectivity index (χ4n) is 2.52. The zero-order chi connectivity index (χ0) is 19.6. The van der Waals surface area contributed by atoms with Gasteiger partial charge in [-0.05, 0) is 31.2 Å². The number of ether oxygens (including phenoxy) is 1. The van der Waals surface area contributed by atoms with Crippen molar-refractivity contribution in [3.05, 3.63) is 74.5 Å². The van der Waals surface area contributed by atoms with Crippen LogP contribution in [-0.4, -0.2) is 27.3 Å². The molecule has 9 heteroatoms. The molecule has 0 saturated carbocycles. The molecule has 1 heterocycles. The van der Waals surface area contributed by atoms with Crippen LogP contribution >= 0.6 is 23.2 Å². The number of hydrogen-bond donors (Lipinski definition) is 0. The number of non-ortho nitro benzene ring substituents is 1. The smallest absolute Gasteiger partial charge is 0.340 e. The highest BCUT2D eigenvalue weighted by Gasteiger charge is 2.17. The molecule has 0 aliphatic rings. The van der Waals surface area contributed by atoms with Gasteiger partial charge in [0.2, 0.25) is 0 Å². The fraction of sp³-hybridized carbons (Fsp3) is 0.111. The van der Waals surface area contributed by atoms with E-state index >= 15 is 0 Å². The fourth-order valence-corrected chi connectivity index (χ4v) is 2.97. The number of halogens is 2. The van der Waals surface area contributed by atoms with Gasteiger partial charge in [-0.25, -0.2) is 9.48 Å². The molecule has 0 atom stereocenters. The zero-order valence-electron chi connectivity index (χ0n) is 14.1. The van der Waals surface area contributed by atoms with Gasteiger partial charge in [-0.15, -0.1) is 0 Å². The third-order valence-corrected chi connectivity index (χ3v) is 4.31. The van der Waals surface area contributed by atoms with Crippen LogP contribution in [0.15, 0.2) is 48.8 Å². The van der Waals surface area contributed by atoms with E-state index in [0.29, 0.717) is 27.4 Å². The number of carbonyl (C=O) groups excluding carboxylic acids is 1. The highest BCUT2D eigenvalue weighted by atomic mass is 35.5. The molecule has 0 aliphatic heterocycles. The SMILES string of the molecule is CCOC(=O)c1ccc(Cl)cc1-n1cc(-c2ccc([N+](=O)[O-])cc2Cl)cn1. The Bertz CT molecular complexity index is 1030. The van der Waals surface area contributed by atoms with Crippen LogP contribution < -0.4 is 0 Å². The van der Waals surface area contributed by atoms with Crippen molar-refractivity contribution in [2.45, 2.75) is 6.92 Å². The van der Waals surface area contributed by atoms with Crippen LogP contribution in [0.25, 0.3) is 16.8 Å². The summed E-state index contributed by atoms with van der Waals surface area (Å²) < 4.78 is 6.55. The predicted molar refractivity (Wildman–Crippen MR) is 102 cm³/mol. The summed E-state index contributed by atoms with van der Waals surface area (Å²) in [7, 11) is 0. The average molecular weight is 406 g/mol. The number of esters is 1. The maximum absolute atomic E-state index is 12.2. The van der Waals surface area contributed by atoms with E-state index in [4.69, 9.17) is 27.9 Å². The second-order valence-corrected chi connectivity index (χ2v) is 6.32. The Kier molecular flexibility index (Phi) is 5.43. The van der Waals surface area contributed by atoms with Gasteiger partial charge in [0.05, 0.1) is 34.0 Å². The van der Waals surface area contributed by atoms with Gasteiger partial charge in [-0.2, -0.15) is 5.10 Å². The lowest BCUT2D eigenvalue weighted by Crippen LogP contribution is -2.10. The first-order valence-electron chi connectivity index (χ1n) is 7.86. The van der Waals surface area contributed by atoms with Gasteiger partial charge in [0, 0.05) is 34.5 Å². The van der Waals surface area contributed by atoms with E-state index < -0.39 is 10.9 Å². The molecule has 7 nitrogen and oxygen atoms in total. The van der Waals surface area contributed by atoms with Crippen LogP contribution in [0, 0.1) is 10.1 Å². The molecule has 0 N–H and O–H groups in total. The third-order valence-electron chi connectivity index (χ3n) is 3.76. The van der Waals surface area contributed by atoms with Crippen molar-refractivity contribution < 1.29 is 14.5 Å². The first-order chi connectivity index (χ1) is 12.9. The lowest BCUT2D eigenvalue weighted by Gasteiger charge is -2.09. The van der Waals surface area contributed by atoms with Crippen molar-refractivity contribution >= 4 is 34.9 Å². The van der Waals surface area contributed by atoms with E-state index in [1.807, 2.05) is 0 Å². The number of aromatic nitrogens is 2. The van der Waals surface area contributed by atoms with Crippen molar-refractivity contribution in [2.24, 2.45) is 0 Å². The summed E-state index contributed by atoms with van der Waals surface area (Å²) in [5.74, 6) is -0.491. The number of nitro groups is 1. The normalized spacial score (nSPS) is 10.6. The number of nitro benzene ring substituents is 1. The van der Waals surface area contributed by atoms with E-state index in [1.165, 1.54) is 16.8 Å². The number of nitrogens with zero attached hydrogens (tertiary/aromatic N) is 3.